The van der Waals surface area contributed by atoms with Gasteiger partial charge in [0.05, 0.1) is 10.6 Å². The van der Waals surface area contributed by atoms with Crippen LogP contribution in [0.5, 0.6) is 0 Å². The van der Waals surface area contributed by atoms with E-state index in [1.165, 1.54) is 24.3 Å². The van der Waals surface area contributed by atoms with E-state index < -0.39 is 21.7 Å². The monoisotopic (exact) mass is 395 g/mol. The van der Waals surface area contributed by atoms with E-state index in [0.29, 0.717) is 11.8 Å². The summed E-state index contributed by atoms with van der Waals surface area (Å²) in [5.74, 6) is -1.98. The number of hydrogen-bond acceptors (Lipinski definition) is 4. The molecule has 0 unspecified atom stereocenters. The van der Waals surface area contributed by atoms with E-state index in [0.717, 1.165) is 38.1 Å². The van der Waals surface area contributed by atoms with Gasteiger partial charge < -0.3 is 10.6 Å². The minimum atomic E-state index is -4.05. The lowest BCUT2D eigenvalue weighted by molar-refractivity contribution is -0.120. The first-order valence-corrected chi connectivity index (χ1v) is 9.93. The molecule has 1 amide bonds. The average molecular weight is 395 g/mol. The lowest BCUT2D eigenvalue weighted by Crippen LogP contribution is -2.34. The van der Waals surface area contributed by atoms with Crippen LogP contribution in [0.4, 0.5) is 20.2 Å². The molecule has 3 rings (SSSR count). The van der Waals surface area contributed by atoms with Crippen LogP contribution in [0.25, 0.3) is 0 Å². The van der Waals surface area contributed by atoms with E-state index in [9.17, 15) is 22.0 Å². The van der Waals surface area contributed by atoms with Gasteiger partial charge >= 0.3 is 0 Å². The Kier molecular flexibility index (Phi) is 5.71. The Morgan fingerprint density at radius 2 is 1.70 bits per heavy atom. The number of anilines is 2. The standard InChI is InChI=1S/C18H19F2N3O3S/c19-13-1-6-17(16(20)11-13)23-27(25,26)15-4-2-14(3-5-15)22-18(24)12-7-9-21-10-8-12/h1-6,11-12,21,23H,7-10H2,(H,22,24). The zero-order chi connectivity index (χ0) is 19.4. The maximum absolute atomic E-state index is 13.7. The molecule has 0 aromatic heterocycles. The predicted molar refractivity (Wildman–Crippen MR) is 97.8 cm³/mol. The molecule has 1 aliphatic heterocycles. The van der Waals surface area contributed by atoms with Gasteiger partial charge in [-0.05, 0) is 62.3 Å². The first-order chi connectivity index (χ1) is 12.8. The summed E-state index contributed by atoms with van der Waals surface area (Å²) in [5.41, 5.74) is 0.130. The number of carbonyl (C=O) groups excluding carboxylic acids is 1. The lowest BCUT2D eigenvalue weighted by Gasteiger charge is -2.21. The minimum Gasteiger partial charge on any atom is -0.326 e. The van der Waals surface area contributed by atoms with Crippen LogP contribution >= 0.6 is 0 Å². The van der Waals surface area contributed by atoms with Crippen molar-refractivity contribution in [3.63, 3.8) is 0 Å². The first kappa shape index (κ1) is 19.2. The molecule has 9 heteroatoms. The number of hydrogen-bond donors (Lipinski definition) is 3. The van der Waals surface area contributed by atoms with Crippen LogP contribution in [-0.2, 0) is 14.8 Å². The normalized spacial score (nSPS) is 15.3. The number of amides is 1. The second-order valence-corrected chi connectivity index (χ2v) is 7.95. The molecule has 0 bridgehead atoms. The van der Waals surface area contributed by atoms with Crippen molar-refractivity contribution < 1.29 is 22.0 Å². The van der Waals surface area contributed by atoms with Crippen molar-refractivity contribution in [2.45, 2.75) is 17.7 Å². The molecule has 0 atom stereocenters. The van der Waals surface area contributed by atoms with E-state index in [-0.39, 0.29) is 22.4 Å². The largest absolute Gasteiger partial charge is 0.326 e. The minimum absolute atomic E-state index is 0.0715. The van der Waals surface area contributed by atoms with Crippen molar-refractivity contribution in [3.8, 4) is 0 Å². The van der Waals surface area contributed by atoms with Gasteiger partial charge in [-0.3, -0.25) is 9.52 Å². The molecule has 1 heterocycles. The van der Waals surface area contributed by atoms with Gasteiger partial charge in [0.2, 0.25) is 5.91 Å². The van der Waals surface area contributed by atoms with Gasteiger partial charge in [-0.25, -0.2) is 17.2 Å². The SMILES string of the molecule is O=C(Nc1ccc(S(=O)(=O)Nc2ccc(F)cc2F)cc1)C1CCNCC1. The summed E-state index contributed by atoms with van der Waals surface area (Å²) in [6.07, 6.45) is 1.51. The van der Waals surface area contributed by atoms with Crippen molar-refractivity contribution >= 4 is 27.3 Å². The van der Waals surface area contributed by atoms with E-state index in [2.05, 4.69) is 15.4 Å². The topological polar surface area (TPSA) is 87.3 Å². The quantitative estimate of drug-likeness (QED) is 0.727. The van der Waals surface area contributed by atoms with Crippen LogP contribution in [0, 0.1) is 17.6 Å². The fourth-order valence-corrected chi connectivity index (χ4v) is 3.89. The van der Waals surface area contributed by atoms with Gasteiger partial charge in [0.15, 0.2) is 0 Å². The highest BCUT2D eigenvalue weighted by molar-refractivity contribution is 7.92. The number of carbonyl (C=O) groups is 1. The third-order valence-electron chi connectivity index (χ3n) is 4.32. The number of nitrogens with one attached hydrogen (secondary N) is 3. The van der Waals surface area contributed by atoms with Gasteiger partial charge in [0, 0.05) is 17.7 Å². The number of rotatable bonds is 5. The average Bonchev–Trinajstić information content (AvgIpc) is 2.65. The van der Waals surface area contributed by atoms with E-state index >= 15 is 0 Å². The van der Waals surface area contributed by atoms with Gasteiger partial charge in [-0.1, -0.05) is 0 Å². The fourth-order valence-electron chi connectivity index (χ4n) is 2.82. The molecule has 1 aliphatic rings. The van der Waals surface area contributed by atoms with E-state index in [1.807, 2.05) is 0 Å². The Labute approximate surface area is 156 Å². The first-order valence-electron chi connectivity index (χ1n) is 8.45. The van der Waals surface area contributed by atoms with Gasteiger partial charge in [-0.2, -0.15) is 0 Å². The summed E-state index contributed by atoms with van der Waals surface area (Å²) < 4.78 is 53.4. The van der Waals surface area contributed by atoms with Crippen molar-refractivity contribution in [3.05, 3.63) is 54.1 Å². The molecular formula is C18H19F2N3O3S. The molecule has 144 valence electrons. The Hall–Kier alpha value is -2.52. The molecule has 0 aliphatic carbocycles. The van der Waals surface area contributed by atoms with Crippen LogP contribution in [0.2, 0.25) is 0 Å². The maximum atomic E-state index is 13.7. The fraction of sp³-hybridized carbons (Fsp3) is 0.278. The maximum Gasteiger partial charge on any atom is 0.261 e. The molecule has 0 radical (unpaired) electrons. The number of piperidine rings is 1. The van der Waals surface area contributed by atoms with Crippen molar-refractivity contribution in [1.82, 2.24) is 5.32 Å². The van der Waals surface area contributed by atoms with Crippen LogP contribution in [0.1, 0.15) is 12.8 Å². The van der Waals surface area contributed by atoms with Crippen LogP contribution < -0.4 is 15.4 Å². The summed E-state index contributed by atoms with van der Waals surface area (Å²) in [7, 11) is -4.05. The third kappa shape index (κ3) is 4.81. The molecule has 1 fully saturated rings. The second-order valence-electron chi connectivity index (χ2n) is 6.27. The highest BCUT2D eigenvalue weighted by Crippen LogP contribution is 2.22. The molecule has 0 spiro atoms. The van der Waals surface area contributed by atoms with E-state index in [1.54, 1.807) is 0 Å². The van der Waals surface area contributed by atoms with Gasteiger partial charge in [0.1, 0.15) is 11.6 Å². The summed E-state index contributed by atoms with van der Waals surface area (Å²) >= 11 is 0. The molecular weight excluding hydrogens is 376 g/mol. The molecule has 2 aromatic rings. The number of halogens is 2. The molecule has 27 heavy (non-hydrogen) atoms. The summed E-state index contributed by atoms with van der Waals surface area (Å²) in [6, 6.07) is 8.11. The zero-order valence-electron chi connectivity index (χ0n) is 14.3. The molecule has 0 saturated carbocycles. The Morgan fingerprint density at radius 3 is 2.33 bits per heavy atom. The molecule has 6 nitrogen and oxygen atoms in total. The smallest absolute Gasteiger partial charge is 0.261 e. The second kappa shape index (κ2) is 8.01. The third-order valence-corrected chi connectivity index (χ3v) is 5.70. The van der Waals surface area contributed by atoms with Crippen molar-refractivity contribution in [2.24, 2.45) is 5.92 Å². The van der Waals surface area contributed by atoms with Gasteiger partial charge in [0.25, 0.3) is 10.0 Å². The summed E-state index contributed by atoms with van der Waals surface area (Å²) in [4.78, 5) is 12.1. The molecule has 2 aromatic carbocycles. The Bertz CT molecular complexity index is 927. The molecule has 1 saturated heterocycles. The highest BCUT2D eigenvalue weighted by Gasteiger charge is 2.21. The van der Waals surface area contributed by atoms with Crippen LogP contribution in [0.15, 0.2) is 47.4 Å². The number of benzene rings is 2. The highest BCUT2D eigenvalue weighted by atomic mass is 32.2. The Morgan fingerprint density at radius 1 is 1.04 bits per heavy atom. The zero-order valence-corrected chi connectivity index (χ0v) is 15.2. The number of sulfonamides is 1. The van der Waals surface area contributed by atoms with Crippen molar-refractivity contribution in [1.29, 1.82) is 0 Å². The van der Waals surface area contributed by atoms with Crippen LogP contribution in [-0.4, -0.2) is 27.4 Å². The predicted octanol–water partition coefficient (Wildman–Crippen LogP) is 2.70. The lowest BCUT2D eigenvalue weighted by atomic mass is 9.97. The summed E-state index contributed by atoms with van der Waals surface area (Å²) in [6.45, 7) is 1.59. The van der Waals surface area contributed by atoms with Gasteiger partial charge in [-0.15, -0.1) is 0 Å². The Balaban J connectivity index is 1.69. The van der Waals surface area contributed by atoms with E-state index in [4.69, 9.17) is 0 Å². The van der Waals surface area contributed by atoms with Crippen LogP contribution in [0.3, 0.4) is 0 Å². The van der Waals surface area contributed by atoms with Crippen molar-refractivity contribution in [2.75, 3.05) is 23.1 Å². The summed E-state index contributed by atoms with van der Waals surface area (Å²) in [5, 5.41) is 5.96. The molecule has 3 N–H and O–H groups in total.